The largest absolute Gasteiger partial charge is 0.350 e. The highest BCUT2D eigenvalue weighted by Gasteiger charge is 2.09. The third-order valence-corrected chi connectivity index (χ3v) is 4.38. The minimum Gasteiger partial charge on any atom is -0.350 e. The average molecular weight is 311 g/mol. The van der Waals surface area contributed by atoms with Gasteiger partial charge in [-0.1, -0.05) is 30.3 Å². The van der Waals surface area contributed by atoms with Crippen molar-refractivity contribution in [1.29, 1.82) is 0 Å². The van der Waals surface area contributed by atoms with Crippen LogP contribution >= 0.6 is 11.3 Å². The molecule has 1 heterocycles. The normalized spacial score (nSPS) is 11.5. The van der Waals surface area contributed by atoms with Crippen LogP contribution in [0.25, 0.3) is 11.3 Å². The molecule has 5 nitrogen and oxygen atoms in total. The number of rotatable bonds is 6. The summed E-state index contributed by atoms with van der Waals surface area (Å²) in [7, 11) is -1.23. The second-order valence-electron chi connectivity index (χ2n) is 4.47. The van der Waals surface area contributed by atoms with E-state index in [1.807, 2.05) is 47.7 Å². The fourth-order valence-electron chi connectivity index (χ4n) is 1.68. The number of likely N-dealkylation sites (N-methyl/N-ethyl adjacent to an activating group) is 1. The van der Waals surface area contributed by atoms with Crippen molar-refractivity contribution in [3.05, 3.63) is 35.7 Å². The predicted octanol–water partition coefficient (Wildman–Crippen LogP) is 1.80. The molecule has 1 aromatic heterocycles. The van der Waals surface area contributed by atoms with Crippen LogP contribution in [0.15, 0.2) is 35.7 Å². The van der Waals surface area contributed by atoms with Gasteiger partial charge < -0.3 is 4.90 Å². The average Bonchev–Trinajstić information content (AvgIpc) is 2.88. The van der Waals surface area contributed by atoms with Gasteiger partial charge in [0.05, 0.1) is 11.9 Å². The van der Waals surface area contributed by atoms with Crippen LogP contribution in [0, 0.1) is 0 Å². The van der Waals surface area contributed by atoms with Crippen molar-refractivity contribution < 1.29 is 8.42 Å². The number of nitrogens with zero attached hydrogens (tertiary/aromatic N) is 2. The molecule has 0 aliphatic rings. The van der Waals surface area contributed by atoms with E-state index in [0.29, 0.717) is 13.1 Å². The van der Waals surface area contributed by atoms with Crippen molar-refractivity contribution in [2.75, 3.05) is 31.3 Å². The molecule has 1 aromatic carbocycles. The molecule has 0 amide bonds. The number of nitrogens with one attached hydrogen (secondary N) is 1. The maximum Gasteiger partial charge on any atom is 0.208 e. The summed E-state index contributed by atoms with van der Waals surface area (Å²) in [6, 6.07) is 9.97. The van der Waals surface area contributed by atoms with Crippen molar-refractivity contribution in [3.63, 3.8) is 0 Å². The van der Waals surface area contributed by atoms with Gasteiger partial charge in [-0.15, -0.1) is 11.3 Å². The maximum absolute atomic E-state index is 11.0. The SMILES string of the molecule is CN(CCNS(C)(=O)=O)c1nc(-c2ccccc2)cs1. The van der Waals surface area contributed by atoms with Crippen LogP contribution in [0.2, 0.25) is 0 Å². The summed E-state index contributed by atoms with van der Waals surface area (Å²) in [4.78, 5) is 6.50. The van der Waals surface area contributed by atoms with Gasteiger partial charge in [0.25, 0.3) is 0 Å². The number of thiazole rings is 1. The molecule has 0 saturated carbocycles. The van der Waals surface area contributed by atoms with E-state index in [2.05, 4.69) is 9.71 Å². The molecular weight excluding hydrogens is 294 g/mol. The van der Waals surface area contributed by atoms with Crippen molar-refractivity contribution in [1.82, 2.24) is 9.71 Å². The fourth-order valence-corrected chi connectivity index (χ4v) is 2.97. The molecule has 20 heavy (non-hydrogen) atoms. The van der Waals surface area contributed by atoms with Gasteiger partial charge >= 0.3 is 0 Å². The standard InChI is InChI=1S/C13H17N3O2S2/c1-16(9-8-14-20(2,17)18)13-15-12(10-19-13)11-6-4-3-5-7-11/h3-7,10,14H,8-9H2,1-2H3. The smallest absolute Gasteiger partial charge is 0.208 e. The van der Waals surface area contributed by atoms with Gasteiger partial charge in [0.2, 0.25) is 10.0 Å². The lowest BCUT2D eigenvalue weighted by atomic mass is 10.2. The number of sulfonamides is 1. The number of aromatic nitrogens is 1. The Kier molecular flexibility index (Phi) is 4.74. The molecule has 0 aliphatic carbocycles. The number of hydrogen-bond acceptors (Lipinski definition) is 5. The van der Waals surface area contributed by atoms with Crippen LogP contribution in [0.4, 0.5) is 5.13 Å². The molecule has 0 fully saturated rings. The van der Waals surface area contributed by atoms with E-state index in [4.69, 9.17) is 0 Å². The third kappa shape index (κ3) is 4.29. The molecule has 0 spiro atoms. The Morgan fingerprint density at radius 1 is 1.30 bits per heavy atom. The van der Waals surface area contributed by atoms with E-state index in [-0.39, 0.29) is 0 Å². The van der Waals surface area contributed by atoms with Gasteiger partial charge in [-0.25, -0.2) is 18.1 Å². The Hall–Kier alpha value is -1.44. The molecule has 7 heteroatoms. The van der Waals surface area contributed by atoms with E-state index in [1.165, 1.54) is 0 Å². The van der Waals surface area contributed by atoms with E-state index < -0.39 is 10.0 Å². The summed E-state index contributed by atoms with van der Waals surface area (Å²) in [6.45, 7) is 0.949. The summed E-state index contributed by atoms with van der Waals surface area (Å²) >= 11 is 1.55. The van der Waals surface area contributed by atoms with Gasteiger partial charge in [-0.3, -0.25) is 0 Å². The molecule has 108 valence electrons. The van der Waals surface area contributed by atoms with Crippen molar-refractivity contribution in [3.8, 4) is 11.3 Å². The number of hydrogen-bond donors (Lipinski definition) is 1. The topological polar surface area (TPSA) is 62.3 Å². The molecule has 2 rings (SSSR count). The van der Waals surface area contributed by atoms with E-state index in [1.54, 1.807) is 11.3 Å². The second kappa shape index (κ2) is 6.34. The Morgan fingerprint density at radius 3 is 2.65 bits per heavy atom. The monoisotopic (exact) mass is 311 g/mol. The maximum atomic E-state index is 11.0. The first-order chi connectivity index (χ1) is 9.46. The molecule has 0 bridgehead atoms. The van der Waals surface area contributed by atoms with Gasteiger partial charge in [0.15, 0.2) is 5.13 Å². The molecule has 0 aliphatic heterocycles. The number of anilines is 1. The summed E-state index contributed by atoms with van der Waals surface area (Å²) < 4.78 is 24.5. The highest BCUT2D eigenvalue weighted by atomic mass is 32.2. The molecular formula is C13H17N3O2S2. The Labute approximate surface area is 123 Å². The van der Waals surface area contributed by atoms with Crippen LogP contribution in [-0.2, 0) is 10.0 Å². The lowest BCUT2D eigenvalue weighted by Crippen LogP contribution is -2.32. The van der Waals surface area contributed by atoms with Crippen LogP contribution in [0.5, 0.6) is 0 Å². The summed E-state index contributed by atoms with van der Waals surface area (Å²) in [6.07, 6.45) is 1.16. The first-order valence-corrected chi connectivity index (χ1v) is 8.89. The summed E-state index contributed by atoms with van der Waals surface area (Å²) in [5.41, 5.74) is 2.02. The Bertz CT molecular complexity index is 653. The number of benzene rings is 1. The van der Waals surface area contributed by atoms with Gasteiger partial charge in [0, 0.05) is 31.1 Å². The fraction of sp³-hybridized carbons (Fsp3) is 0.308. The zero-order valence-corrected chi connectivity index (χ0v) is 13.0. The molecule has 2 aromatic rings. The van der Waals surface area contributed by atoms with Crippen molar-refractivity contribution in [2.45, 2.75) is 0 Å². The molecule has 0 unspecified atom stereocenters. The van der Waals surface area contributed by atoms with E-state index >= 15 is 0 Å². The molecule has 0 radical (unpaired) electrons. The zero-order valence-electron chi connectivity index (χ0n) is 11.4. The van der Waals surface area contributed by atoms with Crippen LogP contribution in [0.1, 0.15) is 0 Å². The lowest BCUT2D eigenvalue weighted by Gasteiger charge is -2.15. The lowest BCUT2D eigenvalue weighted by molar-refractivity contribution is 0.587. The molecule has 0 saturated heterocycles. The predicted molar refractivity (Wildman–Crippen MR) is 83.7 cm³/mol. The van der Waals surface area contributed by atoms with Crippen molar-refractivity contribution in [2.24, 2.45) is 0 Å². The summed E-state index contributed by atoms with van der Waals surface area (Å²) in [5.74, 6) is 0. The van der Waals surface area contributed by atoms with Crippen LogP contribution in [-0.4, -0.2) is 39.8 Å². The highest BCUT2D eigenvalue weighted by Crippen LogP contribution is 2.26. The van der Waals surface area contributed by atoms with E-state index in [9.17, 15) is 8.42 Å². The first-order valence-electron chi connectivity index (χ1n) is 6.12. The zero-order chi connectivity index (χ0) is 14.6. The van der Waals surface area contributed by atoms with Crippen molar-refractivity contribution >= 4 is 26.5 Å². The van der Waals surface area contributed by atoms with E-state index in [0.717, 1.165) is 22.6 Å². The minimum absolute atomic E-state index is 0.371. The second-order valence-corrected chi connectivity index (χ2v) is 7.14. The third-order valence-electron chi connectivity index (χ3n) is 2.70. The molecule has 0 atom stereocenters. The molecule has 1 N–H and O–H groups in total. The first kappa shape index (κ1) is 15.0. The van der Waals surface area contributed by atoms with Crippen LogP contribution in [0.3, 0.4) is 0 Å². The van der Waals surface area contributed by atoms with Gasteiger partial charge in [0.1, 0.15) is 0 Å². The van der Waals surface area contributed by atoms with Crippen LogP contribution < -0.4 is 9.62 Å². The highest BCUT2D eigenvalue weighted by molar-refractivity contribution is 7.88. The Balaban J connectivity index is 1.98. The minimum atomic E-state index is -3.13. The summed E-state index contributed by atoms with van der Waals surface area (Å²) in [5, 5.41) is 2.88. The quantitative estimate of drug-likeness (QED) is 0.883. The van der Waals surface area contributed by atoms with Gasteiger partial charge in [-0.05, 0) is 0 Å². The Morgan fingerprint density at radius 2 is 2.00 bits per heavy atom. The van der Waals surface area contributed by atoms with Gasteiger partial charge in [-0.2, -0.15) is 0 Å².